The van der Waals surface area contributed by atoms with Crippen LogP contribution in [0.2, 0.25) is 0 Å². The molecule has 1 aromatic carbocycles. The number of anilines is 4. The molecule has 0 aliphatic carbocycles. The van der Waals surface area contributed by atoms with Crippen molar-refractivity contribution in [2.24, 2.45) is 0 Å². The zero-order valence-electron chi connectivity index (χ0n) is 20.5. The first-order valence-corrected chi connectivity index (χ1v) is 12.7. The Morgan fingerprint density at radius 1 is 0.946 bits per heavy atom. The summed E-state index contributed by atoms with van der Waals surface area (Å²) < 4.78 is 11.6. The molecule has 2 saturated heterocycles. The van der Waals surface area contributed by atoms with Crippen molar-refractivity contribution >= 4 is 40.2 Å². The molecule has 2 fully saturated rings. The van der Waals surface area contributed by atoms with Gasteiger partial charge in [0.1, 0.15) is 17.0 Å². The highest BCUT2D eigenvalue weighted by Crippen LogP contribution is 2.35. The van der Waals surface area contributed by atoms with Crippen LogP contribution in [0.25, 0.3) is 22.4 Å². The summed E-state index contributed by atoms with van der Waals surface area (Å²) in [7, 11) is 0. The van der Waals surface area contributed by atoms with E-state index in [4.69, 9.17) is 19.9 Å². The molecule has 0 saturated carbocycles. The summed E-state index contributed by atoms with van der Waals surface area (Å²) in [6.45, 7) is 4.64. The first-order valence-electron chi connectivity index (χ1n) is 12.7. The number of fused-ring (bicyclic) bond motifs is 1. The van der Waals surface area contributed by atoms with E-state index in [9.17, 15) is 4.79 Å². The summed E-state index contributed by atoms with van der Waals surface area (Å²) in [6, 6.07) is 13.4. The Hall–Kier alpha value is -4.18. The van der Waals surface area contributed by atoms with Crippen molar-refractivity contribution in [1.29, 1.82) is 0 Å². The minimum Gasteiger partial charge on any atom is -0.423 e. The molecule has 2 aliphatic rings. The van der Waals surface area contributed by atoms with Crippen molar-refractivity contribution in [3.05, 3.63) is 54.4 Å². The van der Waals surface area contributed by atoms with Crippen LogP contribution < -0.4 is 20.9 Å². The molecule has 0 bridgehead atoms. The van der Waals surface area contributed by atoms with Gasteiger partial charge in [0.05, 0.1) is 30.3 Å². The summed E-state index contributed by atoms with van der Waals surface area (Å²) in [5, 5.41) is 3.09. The molecular formula is C27H29N7O3. The molecule has 0 radical (unpaired) electrons. The first-order chi connectivity index (χ1) is 18.1. The van der Waals surface area contributed by atoms with E-state index in [2.05, 4.69) is 25.1 Å². The van der Waals surface area contributed by atoms with Crippen molar-refractivity contribution in [2.75, 3.05) is 60.2 Å². The van der Waals surface area contributed by atoms with Crippen LogP contribution in [0.3, 0.4) is 0 Å². The van der Waals surface area contributed by atoms with Crippen LogP contribution >= 0.6 is 0 Å². The molecule has 5 heterocycles. The fraction of sp³-hybridized carbons (Fsp3) is 0.333. The number of ether oxygens (including phenoxy) is 1. The fourth-order valence-electron chi connectivity index (χ4n) is 4.80. The molecule has 4 aromatic rings. The molecule has 0 spiro atoms. The van der Waals surface area contributed by atoms with Crippen LogP contribution in [-0.2, 0) is 4.74 Å². The standard InChI is InChI=1S/C27H29N7O3/c28-25-8-7-18(17-29-25)19-5-4-6-20(30-19)26(35)31-21-16-24-22(15-23(21)33-9-2-1-3-10-33)32-27(37-24)34-11-13-36-14-12-34/h4-8,15-17H,1-3,9-14H2,(H2,28,29)(H,31,35). The largest absolute Gasteiger partial charge is 0.423 e. The molecule has 3 N–H and O–H groups in total. The summed E-state index contributed by atoms with van der Waals surface area (Å²) in [5.41, 5.74) is 10.5. The van der Waals surface area contributed by atoms with Gasteiger partial charge in [-0.1, -0.05) is 6.07 Å². The maximum atomic E-state index is 13.4. The van der Waals surface area contributed by atoms with E-state index in [1.165, 1.54) is 6.42 Å². The number of aromatic nitrogens is 3. The number of nitrogens with zero attached hydrogens (tertiary/aromatic N) is 5. The van der Waals surface area contributed by atoms with Crippen LogP contribution in [0, 0.1) is 0 Å². The van der Waals surface area contributed by atoms with Gasteiger partial charge in [-0.05, 0) is 49.6 Å². The molecule has 2 aliphatic heterocycles. The predicted molar refractivity (Wildman–Crippen MR) is 143 cm³/mol. The lowest BCUT2D eigenvalue weighted by molar-refractivity contribution is 0.102. The third kappa shape index (κ3) is 4.92. The molecule has 3 aromatic heterocycles. The van der Waals surface area contributed by atoms with Gasteiger partial charge >= 0.3 is 0 Å². The van der Waals surface area contributed by atoms with Gasteiger partial charge in [-0.15, -0.1) is 0 Å². The van der Waals surface area contributed by atoms with Crippen LogP contribution in [0.15, 0.2) is 53.1 Å². The Kier molecular flexibility index (Phi) is 6.32. The van der Waals surface area contributed by atoms with Gasteiger partial charge < -0.3 is 30.0 Å². The second kappa shape index (κ2) is 10.1. The third-order valence-electron chi connectivity index (χ3n) is 6.79. The maximum absolute atomic E-state index is 13.4. The third-order valence-corrected chi connectivity index (χ3v) is 6.79. The molecular weight excluding hydrogens is 470 g/mol. The number of benzene rings is 1. The first kappa shape index (κ1) is 23.2. The van der Waals surface area contributed by atoms with Gasteiger partial charge in [0.15, 0.2) is 5.58 Å². The molecule has 10 nitrogen and oxygen atoms in total. The van der Waals surface area contributed by atoms with E-state index < -0.39 is 0 Å². The number of nitrogens with one attached hydrogen (secondary N) is 1. The number of carbonyl (C=O) groups is 1. The minimum atomic E-state index is -0.296. The van der Waals surface area contributed by atoms with Crippen molar-refractivity contribution < 1.29 is 13.9 Å². The van der Waals surface area contributed by atoms with Crippen molar-refractivity contribution in [2.45, 2.75) is 19.3 Å². The number of nitrogens with two attached hydrogens (primary N) is 1. The van der Waals surface area contributed by atoms with E-state index in [1.54, 1.807) is 18.3 Å². The Morgan fingerprint density at radius 2 is 1.78 bits per heavy atom. The summed E-state index contributed by atoms with van der Waals surface area (Å²) in [5.74, 6) is 0.137. The Bertz CT molecular complexity index is 1410. The molecule has 37 heavy (non-hydrogen) atoms. The zero-order chi connectivity index (χ0) is 25.2. The van der Waals surface area contributed by atoms with Crippen molar-refractivity contribution in [3.63, 3.8) is 0 Å². The van der Waals surface area contributed by atoms with Crippen LogP contribution in [-0.4, -0.2) is 60.3 Å². The average molecular weight is 500 g/mol. The van der Waals surface area contributed by atoms with Gasteiger partial charge in [0.2, 0.25) is 0 Å². The monoisotopic (exact) mass is 499 g/mol. The average Bonchev–Trinajstić information content (AvgIpc) is 3.37. The highest BCUT2D eigenvalue weighted by atomic mass is 16.5. The second-order valence-electron chi connectivity index (χ2n) is 9.31. The number of carbonyl (C=O) groups excluding carboxylic acids is 1. The van der Waals surface area contributed by atoms with E-state index >= 15 is 0 Å². The Balaban J connectivity index is 1.32. The summed E-state index contributed by atoms with van der Waals surface area (Å²) >= 11 is 0. The quantitative estimate of drug-likeness (QED) is 0.420. The van der Waals surface area contributed by atoms with Gasteiger partial charge in [0.25, 0.3) is 11.9 Å². The lowest BCUT2D eigenvalue weighted by Gasteiger charge is -2.30. The van der Waals surface area contributed by atoms with E-state index in [-0.39, 0.29) is 5.91 Å². The molecule has 6 rings (SSSR count). The molecule has 0 atom stereocenters. The number of oxazole rings is 1. The Morgan fingerprint density at radius 3 is 2.57 bits per heavy atom. The van der Waals surface area contributed by atoms with E-state index in [1.807, 2.05) is 30.3 Å². The number of morpholine rings is 1. The van der Waals surface area contributed by atoms with Crippen LogP contribution in [0.1, 0.15) is 29.8 Å². The molecule has 0 unspecified atom stereocenters. The minimum absolute atomic E-state index is 0.296. The van der Waals surface area contributed by atoms with E-state index in [0.717, 1.165) is 55.8 Å². The number of hydrogen-bond acceptors (Lipinski definition) is 9. The molecule has 190 valence electrons. The number of piperidine rings is 1. The van der Waals surface area contributed by atoms with Crippen molar-refractivity contribution in [3.8, 4) is 11.3 Å². The summed E-state index contributed by atoms with van der Waals surface area (Å²) in [4.78, 5) is 31.2. The van der Waals surface area contributed by atoms with Crippen LogP contribution in [0.5, 0.6) is 0 Å². The highest BCUT2D eigenvalue weighted by molar-refractivity contribution is 6.06. The lowest BCUT2D eigenvalue weighted by atomic mass is 10.1. The Labute approximate surface area is 214 Å². The number of nitrogen functional groups attached to an aromatic ring is 1. The molecule has 10 heteroatoms. The second-order valence-corrected chi connectivity index (χ2v) is 9.31. The maximum Gasteiger partial charge on any atom is 0.298 e. The molecule has 1 amide bonds. The van der Waals surface area contributed by atoms with Gasteiger partial charge in [-0.2, -0.15) is 4.98 Å². The fourth-order valence-corrected chi connectivity index (χ4v) is 4.80. The van der Waals surface area contributed by atoms with Crippen molar-refractivity contribution in [1.82, 2.24) is 15.0 Å². The topological polar surface area (TPSA) is 123 Å². The van der Waals surface area contributed by atoms with Gasteiger partial charge in [0, 0.05) is 44.0 Å². The van der Waals surface area contributed by atoms with Gasteiger partial charge in [-0.3, -0.25) is 4.79 Å². The number of pyridine rings is 2. The summed E-state index contributed by atoms with van der Waals surface area (Å²) in [6.07, 6.45) is 5.09. The highest BCUT2D eigenvalue weighted by Gasteiger charge is 2.22. The normalized spacial score (nSPS) is 16.2. The SMILES string of the molecule is Nc1ccc(-c2cccc(C(=O)Nc3cc4oc(N5CCOCC5)nc4cc3N3CCCCC3)n2)cn1. The number of amides is 1. The predicted octanol–water partition coefficient (Wildman–Crippen LogP) is 3.95. The zero-order valence-corrected chi connectivity index (χ0v) is 20.5. The van der Waals surface area contributed by atoms with E-state index in [0.29, 0.717) is 47.7 Å². The van der Waals surface area contributed by atoms with Gasteiger partial charge in [-0.25, -0.2) is 9.97 Å². The number of hydrogen-bond donors (Lipinski definition) is 2. The lowest BCUT2D eigenvalue weighted by Crippen LogP contribution is -2.36. The smallest absolute Gasteiger partial charge is 0.298 e. The number of rotatable bonds is 5. The van der Waals surface area contributed by atoms with Crippen LogP contribution in [0.4, 0.5) is 23.2 Å².